The van der Waals surface area contributed by atoms with Crippen molar-refractivity contribution in [3.05, 3.63) is 35.9 Å². The molecule has 7 heteroatoms. The molecule has 2 N–H and O–H groups in total. The van der Waals surface area contributed by atoms with Gasteiger partial charge in [-0.15, -0.1) is 10.2 Å². The first-order valence-corrected chi connectivity index (χ1v) is 10.5. The standard InChI is InChI=1S/C18H24N4OS2/c1-13-7-5-6-10-15(13)20-16(23)12-24-18-22-21-17(25-18)19-11-14-8-3-2-4-9-14/h2-4,8-9,13,15H,5-7,10-12H2,1H3,(H,19,21)(H,20,23)/t13-,15+/m1/s1. The number of hydrogen-bond donors (Lipinski definition) is 2. The van der Waals surface area contributed by atoms with Crippen LogP contribution in [0.3, 0.4) is 0 Å². The summed E-state index contributed by atoms with van der Waals surface area (Å²) < 4.78 is 0.822. The van der Waals surface area contributed by atoms with Gasteiger partial charge in [0.05, 0.1) is 5.75 Å². The maximum absolute atomic E-state index is 12.2. The van der Waals surface area contributed by atoms with E-state index in [4.69, 9.17) is 0 Å². The molecule has 2 aromatic rings. The van der Waals surface area contributed by atoms with Crippen LogP contribution in [-0.2, 0) is 11.3 Å². The summed E-state index contributed by atoms with van der Waals surface area (Å²) in [6, 6.07) is 10.5. The number of rotatable bonds is 7. The van der Waals surface area contributed by atoms with Gasteiger partial charge in [0, 0.05) is 12.6 Å². The molecule has 2 atom stereocenters. The molecule has 1 saturated carbocycles. The van der Waals surface area contributed by atoms with Gasteiger partial charge in [0.2, 0.25) is 11.0 Å². The van der Waals surface area contributed by atoms with Gasteiger partial charge in [0.1, 0.15) is 0 Å². The van der Waals surface area contributed by atoms with E-state index in [1.807, 2.05) is 18.2 Å². The first kappa shape index (κ1) is 18.2. The van der Waals surface area contributed by atoms with Crippen LogP contribution in [0.4, 0.5) is 5.13 Å². The van der Waals surface area contributed by atoms with E-state index in [2.05, 4.69) is 39.9 Å². The molecule has 1 amide bonds. The maximum Gasteiger partial charge on any atom is 0.230 e. The summed E-state index contributed by atoms with van der Waals surface area (Å²) in [5.41, 5.74) is 1.20. The normalized spacial score (nSPS) is 20.2. The van der Waals surface area contributed by atoms with Crippen LogP contribution in [0.1, 0.15) is 38.2 Å². The van der Waals surface area contributed by atoms with Gasteiger partial charge >= 0.3 is 0 Å². The quantitative estimate of drug-likeness (QED) is 0.717. The van der Waals surface area contributed by atoms with E-state index in [0.717, 1.165) is 22.4 Å². The molecular weight excluding hydrogens is 352 g/mol. The lowest BCUT2D eigenvalue weighted by Gasteiger charge is -2.29. The Bertz CT molecular complexity index is 677. The zero-order valence-electron chi connectivity index (χ0n) is 14.4. The molecule has 1 aliphatic carbocycles. The highest BCUT2D eigenvalue weighted by molar-refractivity contribution is 8.01. The van der Waals surface area contributed by atoms with Gasteiger partial charge in [0.25, 0.3) is 0 Å². The van der Waals surface area contributed by atoms with Gasteiger partial charge in [-0.2, -0.15) is 0 Å². The summed E-state index contributed by atoms with van der Waals surface area (Å²) in [5, 5.41) is 15.5. The largest absolute Gasteiger partial charge is 0.356 e. The Hall–Kier alpha value is -1.60. The maximum atomic E-state index is 12.2. The molecular formula is C18H24N4OS2. The van der Waals surface area contributed by atoms with Crippen molar-refractivity contribution in [2.24, 2.45) is 5.92 Å². The Labute approximate surface area is 157 Å². The first-order valence-electron chi connectivity index (χ1n) is 8.74. The third-order valence-electron chi connectivity index (χ3n) is 4.48. The predicted molar refractivity (Wildman–Crippen MR) is 104 cm³/mol. The van der Waals surface area contributed by atoms with Crippen LogP contribution in [0.5, 0.6) is 0 Å². The van der Waals surface area contributed by atoms with Gasteiger partial charge in [0.15, 0.2) is 4.34 Å². The fourth-order valence-corrected chi connectivity index (χ4v) is 4.58. The number of nitrogens with zero attached hydrogens (tertiary/aromatic N) is 2. The summed E-state index contributed by atoms with van der Waals surface area (Å²) >= 11 is 2.94. The van der Waals surface area contributed by atoms with Crippen molar-refractivity contribution in [2.45, 2.75) is 49.5 Å². The number of carbonyl (C=O) groups excluding carboxylic acids is 1. The van der Waals surface area contributed by atoms with Crippen LogP contribution in [0, 0.1) is 5.92 Å². The van der Waals surface area contributed by atoms with Gasteiger partial charge in [-0.25, -0.2) is 0 Å². The zero-order chi connectivity index (χ0) is 17.5. The van der Waals surface area contributed by atoms with Gasteiger partial charge in [-0.1, -0.05) is 73.2 Å². The minimum atomic E-state index is 0.0951. The fraction of sp³-hybridized carbons (Fsp3) is 0.500. The molecule has 0 spiro atoms. The van der Waals surface area contributed by atoms with Crippen molar-refractivity contribution < 1.29 is 4.79 Å². The summed E-state index contributed by atoms with van der Waals surface area (Å²) in [7, 11) is 0. The Balaban J connectivity index is 1.41. The van der Waals surface area contributed by atoms with Crippen molar-refractivity contribution in [3.8, 4) is 0 Å². The molecule has 134 valence electrons. The summed E-state index contributed by atoms with van der Waals surface area (Å²) in [6.07, 6.45) is 4.82. The highest BCUT2D eigenvalue weighted by Gasteiger charge is 2.22. The van der Waals surface area contributed by atoms with Crippen LogP contribution < -0.4 is 10.6 Å². The SMILES string of the molecule is C[C@@H]1CCCC[C@@H]1NC(=O)CSc1nnc(NCc2ccccc2)s1. The monoisotopic (exact) mass is 376 g/mol. The minimum Gasteiger partial charge on any atom is -0.356 e. The predicted octanol–water partition coefficient (Wildman–Crippen LogP) is 3.94. The molecule has 1 heterocycles. The third kappa shape index (κ3) is 5.71. The minimum absolute atomic E-state index is 0.0951. The van der Waals surface area contributed by atoms with E-state index < -0.39 is 0 Å². The first-order chi connectivity index (χ1) is 12.2. The lowest BCUT2D eigenvalue weighted by atomic mass is 9.86. The van der Waals surface area contributed by atoms with Crippen molar-refractivity contribution >= 4 is 34.1 Å². The second-order valence-electron chi connectivity index (χ2n) is 6.44. The lowest BCUT2D eigenvalue weighted by Crippen LogP contribution is -2.41. The summed E-state index contributed by atoms with van der Waals surface area (Å²) in [6.45, 7) is 2.95. The third-order valence-corrected chi connectivity index (χ3v) is 6.49. The highest BCUT2D eigenvalue weighted by Crippen LogP contribution is 2.27. The lowest BCUT2D eigenvalue weighted by molar-refractivity contribution is -0.119. The Morgan fingerprint density at radius 2 is 2.04 bits per heavy atom. The topological polar surface area (TPSA) is 66.9 Å². The molecule has 1 fully saturated rings. The molecule has 1 aliphatic rings. The van der Waals surface area contributed by atoms with E-state index >= 15 is 0 Å². The Morgan fingerprint density at radius 3 is 2.84 bits per heavy atom. The Kier molecular flexibility index (Phi) is 6.69. The van der Waals surface area contributed by atoms with E-state index in [-0.39, 0.29) is 5.91 Å². The molecule has 0 bridgehead atoms. The molecule has 0 saturated heterocycles. The molecule has 1 aromatic carbocycles. The number of nitrogens with one attached hydrogen (secondary N) is 2. The number of amides is 1. The van der Waals surface area contributed by atoms with Crippen LogP contribution in [0.2, 0.25) is 0 Å². The van der Waals surface area contributed by atoms with Crippen molar-refractivity contribution in [3.63, 3.8) is 0 Å². The highest BCUT2D eigenvalue weighted by atomic mass is 32.2. The van der Waals surface area contributed by atoms with Crippen molar-refractivity contribution in [1.29, 1.82) is 0 Å². The zero-order valence-corrected chi connectivity index (χ0v) is 16.0. The number of aromatic nitrogens is 2. The van der Waals surface area contributed by atoms with Crippen LogP contribution in [0.15, 0.2) is 34.7 Å². The number of carbonyl (C=O) groups is 1. The summed E-state index contributed by atoms with van der Waals surface area (Å²) in [4.78, 5) is 12.2. The Morgan fingerprint density at radius 1 is 1.24 bits per heavy atom. The number of hydrogen-bond acceptors (Lipinski definition) is 6. The van der Waals surface area contributed by atoms with Crippen LogP contribution in [0.25, 0.3) is 0 Å². The van der Waals surface area contributed by atoms with E-state index in [1.54, 1.807) is 0 Å². The summed E-state index contributed by atoms with van der Waals surface area (Å²) in [5.74, 6) is 1.08. The fourth-order valence-electron chi connectivity index (χ4n) is 3.02. The van der Waals surface area contributed by atoms with Crippen LogP contribution >= 0.6 is 23.1 Å². The van der Waals surface area contributed by atoms with Crippen LogP contribution in [-0.4, -0.2) is 27.9 Å². The molecule has 25 heavy (non-hydrogen) atoms. The second-order valence-corrected chi connectivity index (χ2v) is 8.64. The van der Waals surface area contributed by atoms with E-state index in [9.17, 15) is 4.79 Å². The average molecular weight is 377 g/mol. The molecule has 3 rings (SSSR count). The van der Waals surface area contributed by atoms with Crippen molar-refractivity contribution in [1.82, 2.24) is 15.5 Å². The molecule has 0 radical (unpaired) electrons. The smallest absolute Gasteiger partial charge is 0.230 e. The number of thioether (sulfide) groups is 1. The average Bonchev–Trinajstić information content (AvgIpc) is 3.09. The van der Waals surface area contributed by atoms with Gasteiger partial charge in [-0.3, -0.25) is 4.79 Å². The van der Waals surface area contributed by atoms with Crippen molar-refractivity contribution in [2.75, 3.05) is 11.1 Å². The number of anilines is 1. The molecule has 0 unspecified atom stereocenters. The van der Waals surface area contributed by atoms with Gasteiger partial charge < -0.3 is 10.6 Å². The second kappa shape index (κ2) is 9.20. The number of benzene rings is 1. The van der Waals surface area contributed by atoms with E-state index in [0.29, 0.717) is 17.7 Å². The molecule has 0 aliphatic heterocycles. The van der Waals surface area contributed by atoms with Gasteiger partial charge in [-0.05, 0) is 24.3 Å². The molecule has 5 nitrogen and oxygen atoms in total. The van der Waals surface area contributed by atoms with E-state index in [1.165, 1.54) is 47.9 Å². The molecule has 1 aromatic heterocycles.